The molecule has 138 valence electrons. The lowest BCUT2D eigenvalue weighted by Gasteiger charge is -2.35. The van der Waals surface area contributed by atoms with Crippen LogP contribution in [0.2, 0.25) is 10.0 Å². The molecule has 1 aromatic rings. The number of carbonyl (C=O) groups excluding carboxylic acids is 1. The Labute approximate surface area is 159 Å². The number of likely N-dealkylation sites (tertiary alicyclic amines) is 1. The Morgan fingerprint density at radius 1 is 1.32 bits per heavy atom. The van der Waals surface area contributed by atoms with E-state index in [1.165, 1.54) is 10.4 Å². The van der Waals surface area contributed by atoms with Crippen LogP contribution in [0.15, 0.2) is 24.3 Å². The van der Waals surface area contributed by atoms with Gasteiger partial charge in [0.05, 0.1) is 5.75 Å². The number of halogens is 2. The average Bonchev–Trinajstić information content (AvgIpc) is 2.61. The van der Waals surface area contributed by atoms with Crippen LogP contribution in [0.4, 0.5) is 0 Å². The third-order valence-corrected chi connectivity index (χ3v) is 6.94. The van der Waals surface area contributed by atoms with Gasteiger partial charge < -0.3 is 4.90 Å². The number of rotatable bonds is 5. The van der Waals surface area contributed by atoms with Crippen molar-refractivity contribution in [1.82, 2.24) is 9.21 Å². The van der Waals surface area contributed by atoms with Gasteiger partial charge in [0.2, 0.25) is 15.9 Å². The molecule has 0 aromatic heterocycles. The minimum Gasteiger partial charge on any atom is -0.339 e. The fourth-order valence-corrected chi connectivity index (χ4v) is 4.22. The van der Waals surface area contributed by atoms with E-state index in [1.54, 1.807) is 43.1 Å². The first kappa shape index (κ1) is 20.2. The molecule has 1 aromatic carbocycles. The molecule has 1 fully saturated rings. The van der Waals surface area contributed by atoms with Crippen molar-refractivity contribution >= 4 is 45.2 Å². The van der Waals surface area contributed by atoms with Crippen molar-refractivity contribution in [2.75, 3.05) is 25.9 Å². The van der Waals surface area contributed by atoms with Crippen LogP contribution >= 0.6 is 23.2 Å². The molecule has 0 atom stereocenters. The summed E-state index contributed by atoms with van der Waals surface area (Å²) in [5.41, 5.74) is 0.686. The smallest absolute Gasteiger partial charge is 0.246 e. The summed E-state index contributed by atoms with van der Waals surface area (Å²) >= 11 is 12.0. The zero-order valence-corrected chi connectivity index (χ0v) is 16.6. The predicted octanol–water partition coefficient (Wildman–Crippen LogP) is 3.28. The molecular weight excluding hydrogens is 383 g/mol. The van der Waals surface area contributed by atoms with Gasteiger partial charge in [-0.2, -0.15) is 0 Å². The molecule has 0 aliphatic carbocycles. The van der Waals surface area contributed by atoms with E-state index in [2.05, 4.69) is 0 Å². The van der Waals surface area contributed by atoms with Gasteiger partial charge in [-0.05, 0) is 49.6 Å². The topological polar surface area (TPSA) is 57.7 Å². The summed E-state index contributed by atoms with van der Waals surface area (Å²) < 4.78 is 25.3. The molecule has 0 unspecified atom stereocenters. The number of carbonyl (C=O) groups is 1. The fourth-order valence-electron chi connectivity index (χ4n) is 2.79. The Bertz CT molecular complexity index is 757. The number of hydrogen-bond donors (Lipinski definition) is 0. The molecule has 0 N–H and O–H groups in total. The van der Waals surface area contributed by atoms with Crippen LogP contribution in [0.5, 0.6) is 0 Å². The number of sulfonamides is 1. The molecule has 1 aliphatic rings. The minimum atomic E-state index is -3.20. The van der Waals surface area contributed by atoms with Crippen molar-refractivity contribution in [2.45, 2.75) is 25.8 Å². The van der Waals surface area contributed by atoms with Crippen LogP contribution in [-0.4, -0.2) is 55.5 Å². The SMILES string of the molecule is CCS(=O)(=O)N(C)C1CCN(C(=O)/C=C/c2cc(Cl)ccc2Cl)CC1. The number of piperidine rings is 1. The van der Waals surface area contributed by atoms with Gasteiger partial charge in [0.15, 0.2) is 0 Å². The van der Waals surface area contributed by atoms with Gasteiger partial charge in [-0.3, -0.25) is 4.79 Å². The number of hydrogen-bond acceptors (Lipinski definition) is 3. The average molecular weight is 405 g/mol. The Balaban J connectivity index is 1.95. The highest BCUT2D eigenvalue weighted by atomic mass is 35.5. The number of benzene rings is 1. The van der Waals surface area contributed by atoms with Gasteiger partial charge in [-0.25, -0.2) is 12.7 Å². The van der Waals surface area contributed by atoms with E-state index < -0.39 is 10.0 Å². The molecule has 2 rings (SSSR count). The molecule has 8 heteroatoms. The summed E-state index contributed by atoms with van der Waals surface area (Å²) in [7, 11) is -1.59. The second-order valence-corrected chi connectivity index (χ2v) is 9.13. The van der Waals surface area contributed by atoms with Crippen LogP contribution in [0, 0.1) is 0 Å². The maximum absolute atomic E-state index is 12.3. The van der Waals surface area contributed by atoms with E-state index in [0.29, 0.717) is 41.5 Å². The standard InChI is InChI=1S/C17H22Cl2N2O3S/c1-3-25(23,24)20(2)15-8-10-21(11-9-15)17(22)7-4-13-12-14(18)5-6-16(13)19/h4-7,12,15H,3,8-11H2,1-2H3/b7-4+. The van der Waals surface area contributed by atoms with Crippen molar-refractivity contribution < 1.29 is 13.2 Å². The molecule has 0 spiro atoms. The van der Waals surface area contributed by atoms with E-state index in [0.717, 1.165) is 0 Å². The largest absolute Gasteiger partial charge is 0.339 e. The monoisotopic (exact) mass is 404 g/mol. The first-order chi connectivity index (χ1) is 11.7. The van der Waals surface area contributed by atoms with E-state index >= 15 is 0 Å². The zero-order chi connectivity index (χ0) is 18.6. The van der Waals surface area contributed by atoms with E-state index in [-0.39, 0.29) is 17.7 Å². The Hall–Kier alpha value is -1.08. The summed E-state index contributed by atoms with van der Waals surface area (Å²) in [6.07, 6.45) is 4.39. The van der Waals surface area contributed by atoms with Crippen molar-refractivity contribution in [3.05, 3.63) is 39.9 Å². The highest BCUT2D eigenvalue weighted by Gasteiger charge is 2.29. The molecule has 5 nitrogen and oxygen atoms in total. The Morgan fingerprint density at radius 3 is 2.56 bits per heavy atom. The molecule has 0 radical (unpaired) electrons. The Kier molecular flexibility index (Phi) is 6.91. The molecule has 0 saturated carbocycles. The maximum atomic E-state index is 12.3. The molecule has 1 saturated heterocycles. The molecule has 1 aliphatic heterocycles. The lowest BCUT2D eigenvalue weighted by atomic mass is 10.1. The number of nitrogens with zero attached hydrogens (tertiary/aromatic N) is 2. The molecule has 0 bridgehead atoms. The first-order valence-electron chi connectivity index (χ1n) is 8.12. The molecule has 1 heterocycles. The second-order valence-electron chi connectivity index (χ2n) is 5.97. The summed E-state index contributed by atoms with van der Waals surface area (Å²) in [6.45, 7) is 2.69. The van der Waals surface area contributed by atoms with E-state index in [1.807, 2.05) is 0 Å². The second kappa shape index (κ2) is 8.54. The van der Waals surface area contributed by atoms with Gasteiger partial charge in [0.1, 0.15) is 0 Å². The quantitative estimate of drug-likeness (QED) is 0.707. The fraction of sp³-hybridized carbons (Fsp3) is 0.471. The lowest BCUT2D eigenvalue weighted by molar-refractivity contribution is -0.127. The molecule has 1 amide bonds. The van der Waals surface area contributed by atoms with Crippen LogP contribution in [0.25, 0.3) is 6.08 Å². The van der Waals surface area contributed by atoms with Crippen molar-refractivity contribution in [3.63, 3.8) is 0 Å². The van der Waals surface area contributed by atoms with Crippen molar-refractivity contribution in [2.24, 2.45) is 0 Å². The highest BCUT2D eigenvalue weighted by Crippen LogP contribution is 2.22. The first-order valence-corrected chi connectivity index (χ1v) is 10.5. The van der Waals surface area contributed by atoms with Crippen molar-refractivity contribution in [1.29, 1.82) is 0 Å². The maximum Gasteiger partial charge on any atom is 0.246 e. The van der Waals surface area contributed by atoms with Crippen LogP contribution in [0.3, 0.4) is 0 Å². The molecular formula is C17H22Cl2N2O3S. The van der Waals surface area contributed by atoms with E-state index in [9.17, 15) is 13.2 Å². The van der Waals surface area contributed by atoms with Gasteiger partial charge >= 0.3 is 0 Å². The van der Waals surface area contributed by atoms with Crippen LogP contribution in [0.1, 0.15) is 25.3 Å². The van der Waals surface area contributed by atoms with Gasteiger partial charge in [-0.15, -0.1) is 0 Å². The summed E-state index contributed by atoms with van der Waals surface area (Å²) in [4.78, 5) is 14.0. The van der Waals surface area contributed by atoms with Crippen LogP contribution in [-0.2, 0) is 14.8 Å². The zero-order valence-electron chi connectivity index (χ0n) is 14.3. The van der Waals surface area contributed by atoms with Crippen LogP contribution < -0.4 is 0 Å². The predicted molar refractivity (Wildman–Crippen MR) is 102 cm³/mol. The summed E-state index contributed by atoms with van der Waals surface area (Å²) in [5, 5.41) is 1.08. The summed E-state index contributed by atoms with van der Waals surface area (Å²) in [6, 6.07) is 5.02. The number of amides is 1. The minimum absolute atomic E-state index is 0.0552. The lowest BCUT2D eigenvalue weighted by Crippen LogP contribution is -2.47. The third-order valence-electron chi connectivity index (χ3n) is 4.46. The summed E-state index contributed by atoms with van der Waals surface area (Å²) in [5.74, 6) is -0.0262. The van der Waals surface area contributed by atoms with E-state index in [4.69, 9.17) is 23.2 Å². The van der Waals surface area contributed by atoms with Gasteiger partial charge in [0.25, 0.3) is 0 Å². The molecule has 25 heavy (non-hydrogen) atoms. The van der Waals surface area contributed by atoms with Gasteiger partial charge in [-0.1, -0.05) is 23.2 Å². The highest BCUT2D eigenvalue weighted by molar-refractivity contribution is 7.89. The Morgan fingerprint density at radius 2 is 1.96 bits per heavy atom. The third kappa shape index (κ3) is 5.20. The van der Waals surface area contributed by atoms with Crippen molar-refractivity contribution in [3.8, 4) is 0 Å². The van der Waals surface area contributed by atoms with Gasteiger partial charge in [0, 0.05) is 42.3 Å². The normalized spacial score (nSPS) is 16.8.